The van der Waals surface area contributed by atoms with E-state index in [-0.39, 0.29) is 23.4 Å². The number of nitrogens with zero attached hydrogens (tertiary/aromatic N) is 2. The fraction of sp³-hybridized carbons (Fsp3) is 0.889. The van der Waals surface area contributed by atoms with Crippen molar-refractivity contribution < 1.29 is 9.90 Å². The first-order valence-electron chi connectivity index (χ1n) is 9.13. The Morgan fingerprint density at radius 1 is 1.22 bits per heavy atom. The van der Waals surface area contributed by atoms with Gasteiger partial charge in [-0.1, -0.05) is 0 Å². The molecule has 5 saturated carbocycles. The van der Waals surface area contributed by atoms with E-state index < -0.39 is 11.6 Å². The van der Waals surface area contributed by atoms with E-state index in [2.05, 4.69) is 6.07 Å². The Balaban J connectivity index is 1.43. The van der Waals surface area contributed by atoms with Crippen LogP contribution in [0.5, 0.6) is 0 Å². The highest BCUT2D eigenvalue weighted by Gasteiger charge is 2.62. The topological polar surface area (TPSA) is 90.4 Å². The number of rotatable bonds is 2. The van der Waals surface area contributed by atoms with Crippen LogP contribution in [0.15, 0.2) is 0 Å². The zero-order valence-electron chi connectivity index (χ0n) is 13.4. The van der Waals surface area contributed by atoms with Crippen molar-refractivity contribution in [3.8, 4) is 6.07 Å². The van der Waals surface area contributed by atoms with Gasteiger partial charge in [0.25, 0.3) is 0 Å². The maximum atomic E-state index is 13.1. The zero-order chi connectivity index (χ0) is 16.0. The third kappa shape index (κ3) is 1.88. The maximum Gasteiger partial charge on any atom is 0.241 e. The van der Waals surface area contributed by atoms with Crippen LogP contribution in [0.4, 0.5) is 0 Å². The number of amides is 1. The van der Waals surface area contributed by atoms with Gasteiger partial charge in [0.1, 0.15) is 6.04 Å². The van der Waals surface area contributed by atoms with Gasteiger partial charge in [0.15, 0.2) is 0 Å². The second-order valence-electron chi connectivity index (χ2n) is 9.21. The molecule has 0 radical (unpaired) electrons. The van der Waals surface area contributed by atoms with Gasteiger partial charge in [-0.05, 0) is 74.5 Å². The minimum Gasteiger partial charge on any atom is -0.390 e. The molecule has 1 amide bonds. The molecule has 5 aliphatic carbocycles. The third-order valence-electron chi connectivity index (χ3n) is 7.51. The fourth-order valence-electron chi connectivity index (χ4n) is 6.96. The van der Waals surface area contributed by atoms with E-state index in [0.717, 1.165) is 38.5 Å². The molecule has 23 heavy (non-hydrogen) atoms. The van der Waals surface area contributed by atoms with Gasteiger partial charge in [0.2, 0.25) is 5.91 Å². The Labute approximate surface area is 136 Å². The number of piperidine rings is 1. The Bertz CT molecular complexity index is 598. The van der Waals surface area contributed by atoms with Crippen molar-refractivity contribution in [1.29, 1.82) is 5.26 Å². The minimum absolute atomic E-state index is 0.0212. The number of hydrogen-bond donors (Lipinski definition) is 2. The first kappa shape index (κ1) is 14.2. The van der Waals surface area contributed by atoms with Gasteiger partial charge in [-0.2, -0.15) is 5.26 Å². The summed E-state index contributed by atoms with van der Waals surface area (Å²) >= 11 is 0. The van der Waals surface area contributed by atoms with Crippen LogP contribution < -0.4 is 5.73 Å². The molecule has 0 spiro atoms. The molecule has 5 heteroatoms. The predicted molar refractivity (Wildman–Crippen MR) is 82.8 cm³/mol. The predicted octanol–water partition coefficient (Wildman–Crippen LogP) is 1.16. The molecular formula is C18H25N3O2. The molecule has 6 aliphatic rings. The van der Waals surface area contributed by atoms with Gasteiger partial charge in [0.05, 0.1) is 17.7 Å². The molecule has 1 aliphatic heterocycles. The van der Waals surface area contributed by atoms with Crippen molar-refractivity contribution >= 4 is 5.91 Å². The lowest BCUT2D eigenvalue weighted by Crippen LogP contribution is -2.64. The summed E-state index contributed by atoms with van der Waals surface area (Å²) < 4.78 is 0. The molecule has 0 aromatic carbocycles. The number of hydrogen-bond acceptors (Lipinski definition) is 4. The number of likely N-dealkylation sites (tertiary alicyclic amines) is 1. The van der Waals surface area contributed by atoms with Crippen molar-refractivity contribution in [3.05, 3.63) is 0 Å². The first-order chi connectivity index (χ1) is 10.9. The fourth-order valence-corrected chi connectivity index (χ4v) is 6.96. The van der Waals surface area contributed by atoms with Gasteiger partial charge in [-0.3, -0.25) is 4.79 Å². The largest absolute Gasteiger partial charge is 0.390 e. The highest BCUT2D eigenvalue weighted by molar-refractivity contribution is 5.84. The molecule has 5 nitrogen and oxygen atoms in total. The quantitative estimate of drug-likeness (QED) is 0.800. The normalized spacial score (nSPS) is 53.8. The summed E-state index contributed by atoms with van der Waals surface area (Å²) in [5.41, 5.74) is 5.71. The highest BCUT2D eigenvalue weighted by Crippen LogP contribution is 2.63. The van der Waals surface area contributed by atoms with Crippen molar-refractivity contribution in [2.45, 2.75) is 75.1 Å². The molecule has 1 heterocycles. The van der Waals surface area contributed by atoms with Gasteiger partial charge in [-0.15, -0.1) is 0 Å². The summed E-state index contributed by atoms with van der Waals surface area (Å²) in [5, 5.41) is 20.2. The lowest BCUT2D eigenvalue weighted by atomic mass is 9.46. The van der Waals surface area contributed by atoms with Crippen LogP contribution in [0, 0.1) is 34.5 Å². The summed E-state index contributed by atoms with van der Waals surface area (Å²) in [7, 11) is 0. The highest BCUT2D eigenvalue weighted by atomic mass is 16.3. The van der Waals surface area contributed by atoms with Gasteiger partial charge >= 0.3 is 0 Å². The molecule has 6 rings (SSSR count). The Hall–Kier alpha value is -1.12. The van der Waals surface area contributed by atoms with Gasteiger partial charge in [0, 0.05) is 6.04 Å². The number of carbonyl (C=O) groups excluding carboxylic acids is 1. The molecule has 1 saturated heterocycles. The lowest BCUT2D eigenvalue weighted by Gasteiger charge is -2.61. The number of fused-ring (bicyclic) bond motifs is 1. The molecular weight excluding hydrogens is 290 g/mol. The van der Waals surface area contributed by atoms with E-state index in [1.807, 2.05) is 0 Å². The minimum atomic E-state index is -0.594. The molecule has 6 fully saturated rings. The smallest absolute Gasteiger partial charge is 0.241 e. The van der Waals surface area contributed by atoms with Crippen molar-refractivity contribution in [2.75, 3.05) is 0 Å². The molecule has 124 valence electrons. The van der Waals surface area contributed by atoms with Crippen molar-refractivity contribution in [3.63, 3.8) is 0 Å². The number of carbonyl (C=O) groups is 1. The Morgan fingerprint density at radius 3 is 2.52 bits per heavy atom. The maximum absolute atomic E-state index is 13.1. The SMILES string of the molecule is N#C[C@@H]1CC2C[C@@H]2N1C(=O)[C@@H](N)C12CC3CC(CC(O)(C3)C1)C2. The number of nitriles is 1. The van der Waals surface area contributed by atoms with Crippen LogP contribution in [0.3, 0.4) is 0 Å². The summed E-state index contributed by atoms with van der Waals surface area (Å²) in [6, 6.07) is 1.72. The van der Waals surface area contributed by atoms with Crippen molar-refractivity contribution in [1.82, 2.24) is 4.90 Å². The monoisotopic (exact) mass is 315 g/mol. The summed E-state index contributed by atoms with van der Waals surface area (Å²) in [6.07, 6.45) is 7.48. The van der Waals surface area contributed by atoms with Crippen LogP contribution in [0.25, 0.3) is 0 Å². The average Bonchev–Trinajstić information content (AvgIpc) is 3.14. The summed E-state index contributed by atoms with van der Waals surface area (Å²) in [4.78, 5) is 14.9. The van der Waals surface area contributed by atoms with E-state index in [9.17, 15) is 15.2 Å². The Morgan fingerprint density at radius 2 is 1.91 bits per heavy atom. The molecule has 3 N–H and O–H groups in total. The van der Waals surface area contributed by atoms with Crippen LogP contribution in [-0.2, 0) is 4.79 Å². The summed E-state index contributed by atoms with van der Waals surface area (Å²) in [5.74, 6) is 1.56. The average molecular weight is 315 g/mol. The zero-order valence-corrected chi connectivity index (χ0v) is 13.4. The van der Waals surface area contributed by atoms with E-state index in [4.69, 9.17) is 5.73 Å². The van der Waals surface area contributed by atoms with Crippen molar-refractivity contribution in [2.24, 2.45) is 28.9 Å². The number of aliphatic hydroxyl groups is 1. The summed E-state index contributed by atoms with van der Waals surface area (Å²) in [6.45, 7) is 0. The van der Waals surface area contributed by atoms with Crippen LogP contribution in [0.1, 0.15) is 51.4 Å². The Kier molecular flexibility index (Phi) is 2.65. The lowest BCUT2D eigenvalue weighted by molar-refractivity contribution is -0.177. The van der Waals surface area contributed by atoms with Crippen LogP contribution in [0.2, 0.25) is 0 Å². The van der Waals surface area contributed by atoms with Crippen LogP contribution >= 0.6 is 0 Å². The van der Waals surface area contributed by atoms with E-state index >= 15 is 0 Å². The van der Waals surface area contributed by atoms with E-state index in [1.54, 1.807) is 4.90 Å². The van der Waals surface area contributed by atoms with Gasteiger partial charge < -0.3 is 15.7 Å². The van der Waals surface area contributed by atoms with Gasteiger partial charge in [-0.25, -0.2) is 0 Å². The molecule has 3 unspecified atom stereocenters. The molecule has 0 aromatic heterocycles. The van der Waals surface area contributed by atoms with E-state index in [0.29, 0.717) is 24.2 Å². The first-order valence-corrected chi connectivity index (χ1v) is 9.13. The van der Waals surface area contributed by atoms with Crippen LogP contribution in [-0.4, -0.2) is 39.6 Å². The standard InChI is InChI=1S/C18H25N3O2/c19-8-13-2-12-3-14(12)21(13)16(22)15(20)17-4-10-1-11(5-17)7-18(23,6-10)9-17/h10-15,23H,1-7,9,20H2/t10?,11?,12?,13-,14-,15+,17?,18?/m0/s1. The molecule has 4 bridgehead atoms. The molecule has 0 aromatic rings. The second-order valence-corrected chi connectivity index (χ2v) is 9.21. The van der Waals surface area contributed by atoms with E-state index in [1.165, 1.54) is 6.42 Å². The third-order valence-corrected chi connectivity index (χ3v) is 7.51. The second kappa shape index (κ2) is 4.29. The number of nitrogens with two attached hydrogens (primary N) is 1. The molecule has 6 atom stereocenters.